The fourth-order valence-electron chi connectivity index (χ4n) is 2.18. The van der Waals surface area contributed by atoms with Crippen molar-refractivity contribution in [2.24, 2.45) is 0 Å². The summed E-state index contributed by atoms with van der Waals surface area (Å²) in [6, 6.07) is 0.969. The van der Waals surface area contributed by atoms with Gasteiger partial charge in [-0.1, -0.05) is 20.8 Å². The molecule has 0 fully saturated rings. The highest BCUT2D eigenvalue weighted by Crippen LogP contribution is 2.31. The molecule has 1 aromatic rings. The van der Waals surface area contributed by atoms with Crippen LogP contribution in [0.3, 0.4) is 0 Å². The van der Waals surface area contributed by atoms with Crippen LogP contribution in [0.4, 0.5) is 24.9 Å². The van der Waals surface area contributed by atoms with Crippen molar-refractivity contribution >= 4 is 11.8 Å². The van der Waals surface area contributed by atoms with Gasteiger partial charge in [-0.15, -0.1) is 0 Å². The molecule has 120 valence electrons. The van der Waals surface area contributed by atoms with Gasteiger partial charge in [0, 0.05) is 18.2 Å². The first kappa shape index (κ1) is 17.5. The molecule has 0 aromatic carbocycles. The van der Waals surface area contributed by atoms with Crippen LogP contribution >= 0.6 is 0 Å². The maximum Gasteiger partial charge on any atom is 0.433 e. The highest BCUT2D eigenvalue weighted by atomic mass is 19.4. The third kappa shape index (κ3) is 4.47. The topological polar surface area (TPSA) is 49.8 Å². The smallest absolute Gasteiger partial charge is 0.364 e. The standard InChI is InChI=1S/C14H23F3N4/c1-5-13(6-2,7-3)21-11-9-10(14(15,16)17)19-12(20-11)18-8-4/h9H,5-8H2,1-4H3,(H2,18,19,20,21). The fourth-order valence-corrected chi connectivity index (χ4v) is 2.18. The highest BCUT2D eigenvalue weighted by Gasteiger charge is 2.34. The molecular weight excluding hydrogens is 281 g/mol. The number of halogens is 3. The zero-order valence-electron chi connectivity index (χ0n) is 12.9. The molecule has 0 aliphatic carbocycles. The summed E-state index contributed by atoms with van der Waals surface area (Å²) in [6.45, 7) is 8.28. The van der Waals surface area contributed by atoms with Crippen LogP contribution < -0.4 is 10.6 Å². The van der Waals surface area contributed by atoms with Gasteiger partial charge in [0.25, 0.3) is 0 Å². The predicted octanol–water partition coefficient (Wildman–Crippen LogP) is 4.31. The van der Waals surface area contributed by atoms with E-state index in [2.05, 4.69) is 20.6 Å². The Morgan fingerprint density at radius 1 is 1.00 bits per heavy atom. The summed E-state index contributed by atoms with van der Waals surface area (Å²) < 4.78 is 38.8. The molecule has 0 bridgehead atoms. The largest absolute Gasteiger partial charge is 0.433 e. The van der Waals surface area contributed by atoms with Gasteiger partial charge >= 0.3 is 6.18 Å². The zero-order chi connectivity index (χ0) is 16.1. The minimum Gasteiger partial charge on any atom is -0.364 e. The van der Waals surface area contributed by atoms with E-state index < -0.39 is 11.9 Å². The lowest BCUT2D eigenvalue weighted by Crippen LogP contribution is -2.36. The molecule has 1 aromatic heterocycles. The minimum atomic E-state index is -4.49. The predicted molar refractivity (Wildman–Crippen MR) is 78.4 cm³/mol. The van der Waals surface area contributed by atoms with Gasteiger partial charge in [0.15, 0.2) is 5.69 Å². The summed E-state index contributed by atoms with van der Waals surface area (Å²) in [5, 5.41) is 5.90. The molecular formula is C14H23F3N4. The van der Waals surface area contributed by atoms with Crippen molar-refractivity contribution in [3.05, 3.63) is 11.8 Å². The Balaban J connectivity index is 3.19. The summed E-state index contributed by atoms with van der Waals surface area (Å²) in [5.41, 5.74) is -1.19. The van der Waals surface area contributed by atoms with Gasteiger partial charge in [0.1, 0.15) is 5.82 Å². The fraction of sp³-hybridized carbons (Fsp3) is 0.714. The van der Waals surface area contributed by atoms with Crippen molar-refractivity contribution in [3.8, 4) is 0 Å². The van der Waals surface area contributed by atoms with Crippen LogP contribution in [-0.2, 0) is 6.18 Å². The molecule has 0 spiro atoms. The van der Waals surface area contributed by atoms with Gasteiger partial charge in [-0.2, -0.15) is 18.2 Å². The van der Waals surface area contributed by atoms with Gasteiger partial charge in [0.05, 0.1) is 0 Å². The zero-order valence-corrected chi connectivity index (χ0v) is 12.9. The van der Waals surface area contributed by atoms with Crippen LogP contribution in [0.2, 0.25) is 0 Å². The molecule has 0 saturated carbocycles. The quantitative estimate of drug-likeness (QED) is 0.788. The molecule has 0 aliphatic heterocycles. The molecule has 7 heteroatoms. The lowest BCUT2D eigenvalue weighted by molar-refractivity contribution is -0.141. The molecule has 0 unspecified atom stereocenters. The van der Waals surface area contributed by atoms with E-state index in [1.807, 2.05) is 20.8 Å². The van der Waals surface area contributed by atoms with E-state index in [9.17, 15) is 13.2 Å². The van der Waals surface area contributed by atoms with Gasteiger partial charge in [-0.25, -0.2) is 4.98 Å². The number of nitrogens with one attached hydrogen (secondary N) is 2. The first-order valence-electron chi connectivity index (χ1n) is 7.28. The number of hydrogen-bond donors (Lipinski definition) is 2. The van der Waals surface area contributed by atoms with E-state index in [4.69, 9.17) is 0 Å². The van der Waals surface area contributed by atoms with E-state index in [0.717, 1.165) is 25.3 Å². The lowest BCUT2D eigenvalue weighted by Gasteiger charge is -2.32. The van der Waals surface area contributed by atoms with Gasteiger partial charge < -0.3 is 10.6 Å². The van der Waals surface area contributed by atoms with Crippen LogP contribution in [0.1, 0.15) is 52.7 Å². The van der Waals surface area contributed by atoms with Crippen molar-refractivity contribution in [3.63, 3.8) is 0 Å². The van der Waals surface area contributed by atoms with Gasteiger partial charge in [-0.3, -0.25) is 0 Å². The van der Waals surface area contributed by atoms with Crippen LogP contribution in [0.15, 0.2) is 6.07 Å². The number of anilines is 2. The van der Waals surface area contributed by atoms with Crippen molar-refractivity contribution < 1.29 is 13.2 Å². The Bertz CT molecular complexity index is 448. The molecule has 0 aliphatic rings. The maximum absolute atomic E-state index is 12.9. The van der Waals surface area contributed by atoms with Crippen molar-refractivity contribution in [2.75, 3.05) is 17.2 Å². The van der Waals surface area contributed by atoms with E-state index in [-0.39, 0.29) is 17.3 Å². The lowest BCUT2D eigenvalue weighted by atomic mass is 9.90. The van der Waals surface area contributed by atoms with Crippen LogP contribution in [-0.4, -0.2) is 22.1 Å². The third-order valence-electron chi connectivity index (χ3n) is 3.78. The minimum absolute atomic E-state index is 0.00738. The summed E-state index contributed by atoms with van der Waals surface area (Å²) >= 11 is 0. The number of nitrogens with zero attached hydrogens (tertiary/aromatic N) is 2. The highest BCUT2D eigenvalue weighted by molar-refractivity contribution is 5.45. The monoisotopic (exact) mass is 304 g/mol. The molecule has 1 rings (SSSR count). The second kappa shape index (κ2) is 6.95. The molecule has 2 N–H and O–H groups in total. The van der Waals surface area contributed by atoms with E-state index >= 15 is 0 Å². The Labute approximate surface area is 123 Å². The van der Waals surface area contributed by atoms with E-state index in [0.29, 0.717) is 6.54 Å². The van der Waals surface area contributed by atoms with E-state index in [1.165, 1.54) is 0 Å². The first-order chi connectivity index (χ1) is 9.80. The molecule has 21 heavy (non-hydrogen) atoms. The molecule has 4 nitrogen and oxygen atoms in total. The molecule has 0 radical (unpaired) electrons. The molecule has 1 heterocycles. The Morgan fingerprint density at radius 3 is 2.00 bits per heavy atom. The van der Waals surface area contributed by atoms with Crippen LogP contribution in [0.25, 0.3) is 0 Å². The second-order valence-corrected chi connectivity index (χ2v) is 4.96. The summed E-state index contributed by atoms with van der Waals surface area (Å²) in [5.74, 6) is 0.200. The van der Waals surface area contributed by atoms with Crippen LogP contribution in [0.5, 0.6) is 0 Å². The van der Waals surface area contributed by atoms with Gasteiger partial charge in [0.2, 0.25) is 5.95 Å². The Hall–Kier alpha value is -1.53. The average Bonchev–Trinajstić information content (AvgIpc) is 2.44. The van der Waals surface area contributed by atoms with Crippen molar-refractivity contribution in [1.82, 2.24) is 9.97 Å². The molecule has 0 saturated heterocycles. The summed E-state index contributed by atoms with van der Waals surface area (Å²) in [7, 11) is 0. The number of rotatable bonds is 7. The number of aromatic nitrogens is 2. The van der Waals surface area contributed by atoms with Crippen molar-refractivity contribution in [2.45, 2.75) is 58.7 Å². The number of hydrogen-bond acceptors (Lipinski definition) is 4. The van der Waals surface area contributed by atoms with Crippen molar-refractivity contribution in [1.29, 1.82) is 0 Å². The third-order valence-corrected chi connectivity index (χ3v) is 3.78. The SMILES string of the molecule is CCNc1nc(NC(CC)(CC)CC)cc(C(F)(F)F)n1. The van der Waals surface area contributed by atoms with E-state index in [1.54, 1.807) is 6.92 Å². The summed E-state index contributed by atoms with van der Waals surface area (Å²) in [4.78, 5) is 7.65. The Morgan fingerprint density at radius 2 is 1.57 bits per heavy atom. The molecule has 0 atom stereocenters. The molecule has 0 amide bonds. The van der Waals surface area contributed by atoms with Gasteiger partial charge in [-0.05, 0) is 26.2 Å². The average molecular weight is 304 g/mol. The maximum atomic E-state index is 12.9. The van der Waals surface area contributed by atoms with Crippen LogP contribution in [0, 0.1) is 0 Å². The summed E-state index contributed by atoms with van der Waals surface area (Å²) in [6.07, 6.45) is -2.07. The first-order valence-corrected chi connectivity index (χ1v) is 7.28. The normalized spacial score (nSPS) is 12.3. The Kier molecular flexibility index (Phi) is 5.80. The number of alkyl halides is 3. The second-order valence-electron chi connectivity index (χ2n) is 4.96.